The molecule has 2 amide bonds. The minimum Gasteiger partial charge on any atom is -0.466 e. The summed E-state index contributed by atoms with van der Waals surface area (Å²) in [6, 6.07) is -0.834. The van der Waals surface area contributed by atoms with Crippen LogP contribution in [-0.2, 0) is 23.9 Å². The largest absolute Gasteiger partial charge is 0.466 e. The van der Waals surface area contributed by atoms with Crippen LogP contribution in [0.4, 0.5) is 0 Å². The van der Waals surface area contributed by atoms with E-state index in [4.69, 9.17) is 9.47 Å². The lowest BCUT2D eigenvalue weighted by Crippen LogP contribution is -2.58. The maximum absolute atomic E-state index is 14.2. The molecule has 34 heavy (non-hydrogen) atoms. The predicted molar refractivity (Wildman–Crippen MR) is 128 cm³/mol. The van der Waals surface area contributed by atoms with Crippen molar-refractivity contribution in [1.29, 1.82) is 0 Å². The Labute approximate surface area is 203 Å². The number of nitrogens with zero attached hydrogens (tertiary/aromatic N) is 2. The van der Waals surface area contributed by atoms with Crippen molar-refractivity contribution in [2.24, 2.45) is 17.8 Å². The molecule has 3 heterocycles. The lowest BCUT2D eigenvalue weighted by atomic mass is 9.62. The fourth-order valence-corrected chi connectivity index (χ4v) is 6.60. The number of aliphatic hydroxyl groups excluding tert-OH is 1. The average molecular weight is 479 g/mol. The molecule has 8 nitrogen and oxygen atoms in total. The third-order valence-electron chi connectivity index (χ3n) is 8.24. The number of ether oxygens (including phenoxy) is 2. The first-order chi connectivity index (χ1) is 16.1. The zero-order valence-electron chi connectivity index (χ0n) is 21.4. The second kappa shape index (κ2) is 10.4. The number of hydrogen-bond donors (Lipinski definition) is 1. The third-order valence-corrected chi connectivity index (χ3v) is 8.24. The molecule has 192 valence electrons. The number of fused-ring (bicyclic) bond motifs is 1. The number of unbranched alkanes of at least 4 members (excludes halogenated alkanes) is 1. The van der Waals surface area contributed by atoms with Gasteiger partial charge in [-0.1, -0.05) is 26.3 Å². The molecule has 0 radical (unpaired) electrons. The van der Waals surface area contributed by atoms with Crippen molar-refractivity contribution < 1.29 is 29.0 Å². The van der Waals surface area contributed by atoms with Crippen molar-refractivity contribution in [1.82, 2.24) is 9.80 Å². The minimum absolute atomic E-state index is 0.0143. The minimum atomic E-state index is -1.07. The molecule has 2 bridgehead atoms. The van der Waals surface area contributed by atoms with Gasteiger partial charge in [0.2, 0.25) is 11.8 Å². The quantitative estimate of drug-likeness (QED) is 0.263. The maximum atomic E-state index is 14.2. The van der Waals surface area contributed by atoms with E-state index in [9.17, 15) is 19.5 Å². The molecule has 1 N–H and O–H groups in total. The normalized spacial score (nSPS) is 34.8. The summed E-state index contributed by atoms with van der Waals surface area (Å²) in [5.74, 6) is -2.30. The number of carbonyl (C=O) groups excluding carboxylic acids is 3. The molecule has 0 aliphatic carbocycles. The van der Waals surface area contributed by atoms with Crippen molar-refractivity contribution >= 4 is 17.8 Å². The first-order valence-corrected chi connectivity index (χ1v) is 12.8. The number of carbonyl (C=O) groups is 3. The predicted octanol–water partition coefficient (Wildman–Crippen LogP) is 2.54. The summed E-state index contributed by atoms with van der Waals surface area (Å²) in [4.78, 5) is 44.7. The smallest absolute Gasteiger partial charge is 0.312 e. The number of rotatable bonds is 12. The zero-order valence-corrected chi connectivity index (χ0v) is 21.4. The SMILES string of the molecule is C=CCN(C(=O)C1N(CCCCO)C(=O)[C@@H]2[C@H](C(=O)OCC)[C@@]3(C)OC12CC3C)C(C)CCC. The molecular weight excluding hydrogens is 436 g/mol. The van der Waals surface area contributed by atoms with Crippen molar-refractivity contribution in [3.05, 3.63) is 12.7 Å². The lowest BCUT2D eigenvalue weighted by Gasteiger charge is -2.39. The Hall–Kier alpha value is -1.93. The molecule has 8 heteroatoms. The summed E-state index contributed by atoms with van der Waals surface area (Å²) < 4.78 is 12.1. The Bertz CT molecular complexity index is 802. The van der Waals surface area contributed by atoms with Gasteiger partial charge < -0.3 is 24.4 Å². The zero-order chi connectivity index (χ0) is 25.3. The van der Waals surface area contributed by atoms with E-state index in [0.29, 0.717) is 32.4 Å². The maximum Gasteiger partial charge on any atom is 0.312 e. The van der Waals surface area contributed by atoms with Crippen molar-refractivity contribution in [2.75, 3.05) is 26.3 Å². The van der Waals surface area contributed by atoms with Gasteiger partial charge in [0, 0.05) is 25.7 Å². The van der Waals surface area contributed by atoms with Gasteiger partial charge in [0.15, 0.2) is 0 Å². The van der Waals surface area contributed by atoms with Crippen LogP contribution in [0.15, 0.2) is 12.7 Å². The molecule has 0 aromatic rings. The van der Waals surface area contributed by atoms with E-state index in [1.54, 1.807) is 22.8 Å². The van der Waals surface area contributed by atoms with E-state index >= 15 is 0 Å². The Morgan fingerprint density at radius 1 is 1.38 bits per heavy atom. The fourth-order valence-electron chi connectivity index (χ4n) is 6.60. The highest BCUT2D eigenvalue weighted by Crippen LogP contribution is 2.65. The van der Waals surface area contributed by atoms with Crippen LogP contribution in [0, 0.1) is 17.8 Å². The monoisotopic (exact) mass is 478 g/mol. The van der Waals surface area contributed by atoms with Gasteiger partial charge in [0.1, 0.15) is 17.6 Å². The van der Waals surface area contributed by atoms with E-state index in [1.807, 2.05) is 20.8 Å². The second-order valence-electron chi connectivity index (χ2n) is 10.3. The topological polar surface area (TPSA) is 96.4 Å². The highest BCUT2D eigenvalue weighted by atomic mass is 16.6. The fraction of sp³-hybridized carbons (Fsp3) is 0.808. The molecule has 3 aliphatic heterocycles. The number of aliphatic hydroxyl groups is 1. The number of hydrogen-bond acceptors (Lipinski definition) is 6. The van der Waals surface area contributed by atoms with Crippen LogP contribution < -0.4 is 0 Å². The van der Waals surface area contributed by atoms with Crippen LogP contribution in [0.5, 0.6) is 0 Å². The molecule has 3 fully saturated rings. The van der Waals surface area contributed by atoms with E-state index in [1.165, 1.54) is 0 Å². The van der Waals surface area contributed by atoms with Gasteiger partial charge in [-0.05, 0) is 52.4 Å². The first kappa shape index (κ1) is 26.7. The van der Waals surface area contributed by atoms with Crippen LogP contribution in [0.25, 0.3) is 0 Å². The molecule has 0 aromatic carbocycles. The summed E-state index contributed by atoms with van der Waals surface area (Å²) in [5.41, 5.74) is -1.93. The molecule has 0 aromatic heterocycles. The van der Waals surface area contributed by atoms with Crippen LogP contribution in [-0.4, -0.2) is 82.3 Å². The molecule has 0 saturated carbocycles. The van der Waals surface area contributed by atoms with Crippen molar-refractivity contribution in [3.63, 3.8) is 0 Å². The first-order valence-electron chi connectivity index (χ1n) is 12.8. The summed E-state index contributed by atoms with van der Waals surface area (Å²) >= 11 is 0. The van der Waals surface area contributed by atoms with Crippen molar-refractivity contribution in [3.8, 4) is 0 Å². The molecule has 7 atom stereocenters. The standard InChI is InChI=1S/C26H42N2O6/c1-7-12-18(5)27(13-8-2)23(31)21-26-16-17(4)25(6,34-26)20(24(32)33-9-3)19(26)22(30)28(21)14-10-11-15-29/h8,17-21,29H,2,7,9-16H2,1,3-6H3/t17?,18?,19-,20+,21?,25-,26?/m0/s1. The summed E-state index contributed by atoms with van der Waals surface area (Å²) in [5, 5.41) is 9.30. The number of likely N-dealkylation sites (tertiary alicyclic amines) is 1. The van der Waals surface area contributed by atoms with E-state index in [2.05, 4.69) is 13.5 Å². The van der Waals surface area contributed by atoms with Crippen LogP contribution in [0.1, 0.15) is 66.7 Å². The third kappa shape index (κ3) is 4.06. The van der Waals surface area contributed by atoms with Crippen molar-refractivity contribution in [2.45, 2.75) is 90.0 Å². The number of esters is 1. The van der Waals surface area contributed by atoms with Gasteiger partial charge in [-0.3, -0.25) is 14.4 Å². The highest BCUT2D eigenvalue weighted by Gasteiger charge is 2.80. The van der Waals surface area contributed by atoms with Gasteiger partial charge in [-0.25, -0.2) is 0 Å². The second-order valence-corrected chi connectivity index (χ2v) is 10.3. The van der Waals surface area contributed by atoms with Gasteiger partial charge in [0.25, 0.3) is 0 Å². The lowest BCUT2D eigenvalue weighted by molar-refractivity contribution is -0.162. The van der Waals surface area contributed by atoms with Crippen LogP contribution in [0.2, 0.25) is 0 Å². The van der Waals surface area contributed by atoms with Crippen LogP contribution >= 0.6 is 0 Å². The summed E-state index contributed by atoms with van der Waals surface area (Å²) in [7, 11) is 0. The molecule has 3 rings (SSSR count). The Morgan fingerprint density at radius 2 is 2.09 bits per heavy atom. The van der Waals surface area contributed by atoms with E-state index < -0.39 is 35.0 Å². The Kier molecular flexibility index (Phi) is 8.13. The van der Waals surface area contributed by atoms with E-state index in [0.717, 1.165) is 12.8 Å². The number of amides is 2. The van der Waals surface area contributed by atoms with E-state index in [-0.39, 0.29) is 37.0 Å². The molecule has 3 aliphatic rings. The van der Waals surface area contributed by atoms with Gasteiger partial charge in [-0.2, -0.15) is 0 Å². The molecule has 3 saturated heterocycles. The van der Waals surface area contributed by atoms with Gasteiger partial charge >= 0.3 is 5.97 Å². The molecular formula is C26H42N2O6. The Balaban J connectivity index is 2.08. The summed E-state index contributed by atoms with van der Waals surface area (Å²) in [6.45, 7) is 14.6. The van der Waals surface area contributed by atoms with Gasteiger partial charge in [0.05, 0.1) is 18.1 Å². The molecule has 4 unspecified atom stereocenters. The van der Waals surface area contributed by atoms with Crippen LogP contribution in [0.3, 0.4) is 0 Å². The summed E-state index contributed by atoms with van der Waals surface area (Å²) in [6.07, 6.45) is 5.11. The average Bonchev–Trinajstić information content (AvgIpc) is 3.29. The molecule has 1 spiro atoms. The highest BCUT2D eigenvalue weighted by molar-refractivity contribution is 5.98. The Morgan fingerprint density at radius 3 is 2.68 bits per heavy atom. The van der Waals surface area contributed by atoms with Gasteiger partial charge in [-0.15, -0.1) is 6.58 Å².